The molecule has 1 N–H and O–H groups in total. The van der Waals surface area contributed by atoms with Gasteiger partial charge in [-0.2, -0.15) is 12.6 Å². The van der Waals surface area contributed by atoms with Crippen LogP contribution in [0, 0.1) is 0 Å². The minimum Gasteiger partial charge on any atom is -0.493 e. The van der Waals surface area contributed by atoms with Crippen molar-refractivity contribution in [3.05, 3.63) is 30.3 Å². The molecule has 82 valence electrons. The highest BCUT2D eigenvalue weighted by Crippen LogP contribution is 2.08. The molecule has 0 saturated carbocycles. The largest absolute Gasteiger partial charge is 0.493 e. The Morgan fingerprint density at radius 1 is 1.33 bits per heavy atom. The summed E-state index contributed by atoms with van der Waals surface area (Å²) in [6.07, 6.45) is 0.378. The van der Waals surface area contributed by atoms with Gasteiger partial charge in [0.15, 0.2) is 0 Å². The number of thiol groups is 1. The normalized spacial score (nSPS) is 9.67. The van der Waals surface area contributed by atoms with Crippen molar-refractivity contribution in [2.45, 2.75) is 6.42 Å². The first-order valence-electron chi connectivity index (χ1n) is 4.88. The molecule has 0 aliphatic heterocycles. The molecule has 1 amide bonds. The summed E-state index contributed by atoms with van der Waals surface area (Å²) < 4.78 is 5.38. The molecule has 0 bridgehead atoms. The Bertz CT molecular complexity index is 290. The summed E-state index contributed by atoms with van der Waals surface area (Å²) in [5.74, 6) is 1.45. The van der Waals surface area contributed by atoms with Crippen LogP contribution in [0.1, 0.15) is 6.42 Å². The molecular formula is C11H15NO2S. The summed E-state index contributed by atoms with van der Waals surface area (Å²) in [6, 6.07) is 9.45. The Labute approximate surface area is 95.2 Å². The molecule has 0 aromatic heterocycles. The average Bonchev–Trinajstić information content (AvgIpc) is 2.28. The van der Waals surface area contributed by atoms with Gasteiger partial charge in [0.1, 0.15) is 5.75 Å². The number of amides is 1. The van der Waals surface area contributed by atoms with Crippen molar-refractivity contribution in [3.8, 4) is 5.75 Å². The molecule has 15 heavy (non-hydrogen) atoms. The van der Waals surface area contributed by atoms with Gasteiger partial charge in [-0.05, 0) is 12.1 Å². The molecule has 0 aliphatic carbocycles. The zero-order valence-electron chi connectivity index (χ0n) is 8.48. The van der Waals surface area contributed by atoms with Crippen LogP contribution in [0.4, 0.5) is 0 Å². The van der Waals surface area contributed by atoms with Crippen molar-refractivity contribution in [1.82, 2.24) is 5.32 Å². The predicted molar refractivity (Wildman–Crippen MR) is 63.4 cm³/mol. The van der Waals surface area contributed by atoms with E-state index in [1.165, 1.54) is 0 Å². The van der Waals surface area contributed by atoms with Gasteiger partial charge in [0.05, 0.1) is 13.0 Å². The van der Waals surface area contributed by atoms with Crippen molar-refractivity contribution in [3.63, 3.8) is 0 Å². The van der Waals surface area contributed by atoms with E-state index in [1.54, 1.807) is 0 Å². The molecule has 0 atom stereocenters. The number of hydrogen-bond donors (Lipinski definition) is 2. The van der Waals surface area contributed by atoms with Crippen molar-refractivity contribution < 1.29 is 9.53 Å². The predicted octanol–water partition coefficient (Wildman–Crippen LogP) is 1.50. The van der Waals surface area contributed by atoms with Gasteiger partial charge in [-0.25, -0.2) is 0 Å². The van der Waals surface area contributed by atoms with Crippen LogP contribution in [-0.2, 0) is 4.79 Å². The van der Waals surface area contributed by atoms with Gasteiger partial charge >= 0.3 is 0 Å². The fraction of sp³-hybridized carbons (Fsp3) is 0.364. The van der Waals surface area contributed by atoms with Crippen molar-refractivity contribution >= 4 is 18.5 Å². The van der Waals surface area contributed by atoms with Gasteiger partial charge < -0.3 is 10.1 Å². The molecule has 1 rings (SSSR count). The van der Waals surface area contributed by atoms with E-state index in [-0.39, 0.29) is 5.91 Å². The van der Waals surface area contributed by atoms with Crippen LogP contribution in [0.25, 0.3) is 0 Å². The van der Waals surface area contributed by atoms with E-state index in [9.17, 15) is 4.79 Å². The molecule has 0 saturated heterocycles. The van der Waals surface area contributed by atoms with E-state index >= 15 is 0 Å². The molecule has 3 nitrogen and oxygen atoms in total. The van der Waals surface area contributed by atoms with Crippen LogP contribution in [-0.4, -0.2) is 24.8 Å². The van der Waals surface area contributed by atoms with E-state index in [4.69, 9.17) is 4.74 Å². The smallest absolute Gasteiger partial charge is 0.223 e. The number of carbonyl (C=O) groups excluding carboxylic acids is 1. The summed E-state index contributed by atoms with van der Waals surface area (Å²) in [7, 11) is 0. The van der Waals surface area contributed by atoms with Gasteiger partial charge in [-0.15, -0.1) is 0 Å². The number of para-hydroxylation sites is 1. The van der Waals surface area contributed by atoms with Crippen molar-refractivity contribution in [2.24, 2.45) is 0 Å². The second-order valence-electron chi connectivity index (χ2n) is 2.99. The molecule has 1 aromatic carbocycles. The SMILES string of the molecule is O=C(CCOc1ccccc1)NCCS. The summed E-state index contributed by atoms with van der Waals surface area (Å²) in [5.41, 5.74) is 0. The third kappa shape index (κ3) is 5.32. The Kier molecular flexibility index (Phi) is 5.70. The van der Waals surface area contributed by atoms with E-state index in [0.29, 0.717) is 25.3 Å². The first kappa shape index (κ1) is 11.9. The molecule has 0 fully saturated rings. The Morgan fingerprint density at radius 3 is 2.73 bits per heavy atom. The third-order valence-corrected chi connectivity index (χ3v) is 2.00. The lowest BCUT2D eigenvalue weighted by atomic mass is 10.3. The molecule has 4 heteroatoms. The standard InChI is InChI=1S/C11H15NO2S/c13-11(12-7-9-15)6-8-14-10-4-2-1-3-5-10/h1-5,15H,6-9H2,(H,12,13). The van der Waals surface area contributed by atoms with Crippen LogP contribution < -0.4 is 10.1 Å². The minimum absolute atomic E-state index is 0.0000175. The number of rotatable bonds is 6. The lowest BCUT2D eigenvalue weighted by Gasteiger charge is -2.05. The van der Waals surface area contributed by atoms with Crippen LogP contribution in [0.15, 0.2) is 30.3 Å². The Balaban J connectivity index is 2.14. The monoisotopic (exact) mass is 225 g/mol. The maximum absolute atomic E-state index is 11.2. The Hall–Kier alpha value is -1.16. The fourth-order valence-corrected chi connectivity index (χ4v) is 1.17. The Morgan fingerprint density at radius 2 is 2.07 bits per heavy atom. The third-order valence-electron chi connectivity index (χ3n) is 1.78. The fourth-order valence-electron chi connectivity index (χ4n) is 1.06. The summed E-state index contributed by atoms with van der Waals surface area (Å²) in [4.78, 5) is 11.2. The lowest BCUT2D eigenvalue weighted by Crippen LogP contribution is -2.26. The average molecular weight is 225 g/mol. The number of ether oxygens (including phenoxy) is 1. The van der Waals surface area contributed by atoms with Gasteiger partial charge in [0.2, 0.25) is 5.91 Å². The molecule has 0 aliphatic rings. The zero-order chi connectivity index (χ0) is 10.9. The molecule has 0 radical (unpaired) electrons. The van der Waals surface area contributed by atoms with Gasteiger partial charge in [0, 0.05) is 12.3 Å². The van der Waals surface area contributed by atoms with E-state index in [0.717, 1.165) is 5.75 Å². The molecule has 0 spiro atoms. The highest BCUT2D eigenvalue weighted by molar-refractivity contribution is 7.80. The minimum atomic E-state index is -0.0000175. The molecule has 1 aromatic rings. The maximum atomic E-state index is 11.2. The summed E-state index contributed by atoms with van der Waals surface area (Å²) in [5, 5.41) is 2.72. The zero-order valence-corrected chi connectivity index (χ0v) is 9.37. The molecular weight excluding hydrogens is 210 g/mol. The van der Waals surface area contributed by atoms with Crippen LogP contribution in [0.3, 0.4) is 0 Å². The highest BCUT2D eigenvalue weighted by Gasteiger charge is 1.99. The quantitative estimate of drug-likeness (QED) is 0.720. The van der Waals surface area contributed by atoms with E-state index in [2.05, 4.69) is 17.9 Å². The lowest BCUT2D eigenvalue weighted by molar-refractivity contribution is -0.121. The van der Waals surface area contributed by atoms with Crippen LogP contribution >= 0.6 is 12.6 Å². The van der Waals surface area contributed by atoms with Gasteiger partial charge in [0.25, 0.3) is 0 Å². The summed E-state index contributed by atoms with van der Waals surface area (Å²) in [6.45, 7) is 1.01. The van der Waals surface area contributed by atoms with Gasteiger partial charge in [-0.1, -0.05) is 18.2 Å². The van der Waals surface area contributed by atoms with Gasteiger partial charge in [-0.3, -0.25) is 4.79 Å². The van der Waals surface area contributed by atoms with Crippen molar-refractivity contribution in [1.29, 1.82) is 0 Å². The highest BCUT2D eigenvalue weighted by atomic mass is 32.1. The van der Waals surface area contributed by atoms with Crippen molar-refractivity contribution in [2.75, 3.05) is 18.9 Å². The van der Waals surface area contributed by atoms with Crippen LogP contribution in [0.5, 0.6) is 5.75 Å². The second-order valence-corrected chi connectivity index (χ2v) is 3.43. The summed E-state index contributed by atoms with van der Waals surface area (Å²) >= 11 is 4.00. The van der Waals surface area contributed by atoms with E-state index < -0.39 is 0 Å². The molecule has 0 heterocycles. The number of carbonyl (C=O) groups is 1. The number of nitrogens with one attached hydrogen (secondary N) is 1. The number of benzene rings is 1. The first-order chi connectivity index (χ1) is 7.33. The topological polar surface area (TPSA) is 38.3 Å². The first-order valence-corrected chi connectivity index (χ1v) is 5.51. The second kappa shape index (κ2) is 7.17. The maximum Gasteiger partial charge on any atom is 0.223 e. The van der Waals surface area contributed by atoms with E-state index in [1.807, 2.05) is 30.3 Å². The molecule has 0 unspecified atom stereocenters. The number of hydrogen-bond acceptors (Lipinski definition) is 3. The van der Waals surface area contributed by atoms with Crippen LogP contribution in [0.2, 0.25) is 0 Å².